The van der Waals surface area contributed by atoms with Gasteiger partial charge < -0.3 is 4.57 Å². The molecule has 0 aliphatic carbocycles. The maximum absolute atomic E-state index is 4.00. The number of hydrogen-bond donors (Lipinski definition) is 0. The molecule has 2 nitrogen and oxygen atoms in total. The van der Waals surface area contributed by atoms with Crippen molar-refractivity contribution in [2.75, 3.05) is 0 Å². The van der Waals surface area contributed by atoms with Crippen molar-refractivity contribution in [3.8, 4) is 0 Å². The molecule has 0 aromatic carbocycles. The number of aryl methyl sites for hydroxylation is 1. The fraction of sp³-hybridized carbons (Fsp3) is 0.250. The molecule has 74 valence electrons. The number of imidazole rings is 1. The Morgan fingerprint density at radius 2 is 2.43 bits per heavy atom. The largest absolute Gasteiger partial charge is 0.337 e. The molecule has 0 fully saturated rings. The summed E-state index contributed by atoms with van der Waals surface area (Å²) in [5.41, 5.74) is 1.29. The molecule has 0 amide bonds. The van der Waals surface area contributed by atoms with Crippen molar-refractivity contribution in [1.29, 1.82) is 0 Å². The van der Waals surface area contributed by atoms with Crippen molar-refractivity contribution < 1.29 is 0 Å². The topological polar surface area (TPSA) is 17.8 Å². The molecule has 0 N–H and O–H groups in total. The van der Waals surface area contributed by atoms with E-state index in [-0.39, 0.29) is 0 Å². The van der Waals surface area contributed by atoms with E-state index in [1.54, 1.807) is 6.20 Å². The highest BCUT2D eigenvalue weighted by Crippen LogP contribution is 2.05. The van der Waals surface area contributed by atoms with E-state index in [9.17, 15) is 0 Å². The van der Waals surface area contributed by atoms with Crippen LogP contribution in [0.15, 0.2) is 55.2 Å². The molecule has 0 atom stereocenters. The van der Waals surface area contributed by atoms with Gasteiger partial charge in [-0.1, -0.05) is 30.9 Å². The summed E-state index contributed by atoms with van der Waals surface area (Å²) in [6, 6.07) is 0. The highest BCUT2D eigenvalue weighted by molar-refractivity contribution is 5.22. The van der Waals surface area contributed by atoms with Gasteiger partial charge in [-0.15, -0.1) is 0 Å². The molecule has 2 heteroatoms. The summed E-state index contributed by atoms with van der Waals surface area (Å²) in [4.78, 5) is 4.00. The SMILES string of the molecule is C=C/C=C(\C=C/C)CCn1ccnc1. The average molecular weight is 188 g/mol. The van der Waals surface area contributed by atoms with Crippen LogP contribution in [0.1, 0.15) is 13.3 Å². The third-order valence-electron chi connectivity index (χ3n) is 1.93. The lowest BCUT2D eigenvalue weighted by molar-refractivity contribution is 0.698. The first kappa shape index (κ1) is 10.5. The fourth-order valence-corrected chi connectivity index (χ4v) is 1.26. The van der Waals surface area contributed by atoms with E-state index in [0.29, 0.717) is 0 Å². The van der Waals surface area contributed by atoms with E-state index < -0.39 is 0 Å². The van der Waals surface area contributed by atoms with Crippen LogP contribution in [0.4, 0.5) is 0 Å². The van der Waals surface area contributed by atoms with Crippen LogP contribution in [-0.2, 0) is 6.54 Å². The molecular weight excluding hydrogens is 172 g/mol. The second-order valence-corrected chi connectivity index (χ2v) is 3.03. The smallest absolute Gasteiger partial charge is 0.0946 e. The minimum Gasteiger partial charge on any atom is -0.337 e. The van der Waals surface area contributed by atoms with E-state index in [4.69, 9.17) is 0 Å². The molecule has 0 aliphatic heterocycles. The average Bonchev–Trinajstić information content (AvgIpc) is 2.67. The minimum absolute atomic E-state index is 0.962. The lowest BCUT2D eigenvalue weighted by Crippen LogP contribution is -1.95. The van der Waals surface area contributed by atoms with E-state index in [1.807, 2.05) is 37.7 Å². The van der Waals surface area contributed by atoms with Gasteiger partial charge in [-0.2, -0.15) is 0 Å². The van der Waals surface area contributed by atoms with Gasteiger partial charge in [0, 0.05) is 18.9 Å². The lowest BCUT2D eigenvalue weighted by atomic mass is 10.1. The van der Waals surface area contributed by atoms with Crippen LogP contribution >= 0.6 is 0 Å². The summed E-state index contributed by atoms with van der Waals surface area (Å²) in [6.45, 7) is 6.68. The first-order chi connectivity index (χ1) is 6.86. The van der Waals surface area contributed by atoms with Crippen molar-refractivity contribution in [1.82, 2.24) is 9.55 Å². The first-order valence-electron chi connectivity index (χ1n) is 4.77. The van der Waals surface area contributed by atoms with Gasteiger partial charge >= 0.3 is 0 Å². The highest BCUT2D eigenvalue weighted by Gasteiger charge is 1.93. The molecular formula is C12H16N2. The van der Waals surface area contributed by atoms with Crippen LogP contribution in [-0.4, -0.2) is 9.55 Å². The van der Waals surface area contributed by atoms with Gasteiger partial charge in [0.25, 0.3) is 0 Å². The van der Waals surface area contributed by atoms with Gasteiger partial charge in [-0.05, 0) is 18.9 Å². The summed E-state index contributed by atoms with van der Waals surface area (Å²) in [7, 11) is 0. The Balaban J connectivity index is 2.49. The second-order valence-electron chi connectivity index (χ2n) is 3.03. The third kappa shape index (κ3) is 3.44. The van der Waals surface area contributed by atoms with E-state index in [2.05, 4.69) is 22.2 Å². The zero-order valence-corrected chi connectivity index (χ0v) is 8.56. The molecule has 1 aromatic rings. The lowest BCUT2D eigenvalue weighted by Gasteiger charge is -2.02. The van der Waals surface area contributed by atoms with Crippen molar-refractivity contribution in [3.63, 3.8) is 0 Å². The standard InChI is InChI=1S/C12H16N2/c1-3-5-12(6-4-2)7-9-14-10-8-13-11-14/h3-6,8,10-11H,1,7,9H2,2H3/b6-4-,12-5+. The molecule has 0 spiro atoms. The van der Waals surface area contributed by atoms with Gasteiger partial charge in [0.15, 0.2) is 0 Å². The number of aromatic nitrogens is 2. The molecule has 0 saturated carbocycles. The highest BCUT2D eigenvalue weighted by atomic mass is 15.0. The van der Waals surface area contributed by atoms with Crippen LogP contribution in [0.25, 0.3) is 0 Å². The van der Waals surface area contributed by atoms with E-state index in [1.165, 1.54) is 5.57 Å². The zero-order valence-electron chi connectivity index (χ0n) is 8.56. The van der Waals surface area contributed by atoms with Gasteiger partial charge in [-0.25, -0.2) is 4.98 Å². The van der Waals surface area contributed by atoms with E-state index >= 15 is 0 Å². The molecule has 1 heterocycles. The maximum atomic E-state index is 4.00. The van der Waals surface area contributed by atoms with E-state index in [0.717, 1.165) is 13.0 Å². The summed E-state index contributed by atoms with van der Waals surface area (Å²) < 4.78 is 2.07. The molecule has 0 bridgehead atoms. The molecule has 1 rings (SSSR count). The third-order valence-corrected chi connectivity index (χ3v) is 1.93. The van der Waals surface area contributed by atoms with Crippen LogP contribution in [0.3, 0.4) is 0 Å². The van der Waals surface area contributed by atoms with Crippen LogP contribution < -0.4 is 0 Å². The minimum atomic E-state index is 0.962. The van der Waals surface area contributed by atoms with Crippen molar-refractivity contribution in [3.05, 3.63) is 55.2 Å². The number of rotatable bonds is 5. The van der Waals surface area contributed by atoms with Gasteiger partial charge in [0.1, 0.15) is 0 Å². The number of nitrogens with zero attached hydrogens (tertiary/aromatic N) is 2. The molecule has 1 aromatic heterocycles. The first-order valence-corrected chi connectivity index (χ1v) is 4.77. The Morgan fingerprint density at radius 1 is 1.57 bits per heavy atom. The normalized spacial score (nSPS) is 12.2. The Kier molecular flexibility index (Phi) is 4.48. The second kappa shape index (κ2) is 5.97. The maximum Gasteiger partial charge on any atom is 0.0946 e. The Labute approximate surface area is 85.3 Å². The summed E-state index contributed by atoms with van der Waals surface area (Å²) in [6.07, 6.45) is 14.6. The molecule has 0 unspecified atom stereocenters. The summed E-state index contributed by atoms with van der Waals surface area (Å²) >= 11 is 0. The van der Waals surface area contributed by atoms with Crippen molar-refractivity contribution in [2.45, 2.75) is 19.9 Å². The predicted octanol–water partition coefficient (Wildman–Crippen LogP) is 2.96. The van der Waals surface area contributed by atoms with Crippen LogP contribution in [0.2, 0.25) is 0 Å². The summed E-state index contributed by atoms with van der Waals surface area (Å²) in [5, 5.41) is 0. The predicted molar refractivity (Wildman–Crippen MR) is 59.9 cm³/mol. The van der Waals surface area contributed by atoms with Crippen molar-refractivity contribution in [2.24, 2.45) is 0 Å². The Bertz CT molecular complexity index is 318. The monoisotopic (exact) mass is 188 g/mol. The van der Waals surface area contributed by atoms with Gasteiger partial charge in [0.2, 0.25) is 0 Å². The number of hydrogen-bond acceptors (Lipinski definition) is 1. The van der Waals surface area contributed by atoms with Gasteiger partial charge in [-0.3, -0.25) is 0 Å². The molecule has 0 saturated heterocycles. The quantitative estimate of drug-likeness (QED) is 0.649. The van der Waals surface area contributed by atoms with Crippen molar-refractivity contribution >= 4 is 0 Å². The molecule has 0 radical (unpaired) electrons. The van der Waals surface area contributed by atoms with Crippen LogP contribution in [0.5, 0.6) is 0 Å². The zero-order chi connectivity index (χ0) is 10.2. The Hall–Kier alpha value is -1.57. The summed E-state index contributed by atoms with van der Waals surface area (Å²) in [5.74, 6) is 0. The number of allylic oxidation sites excluding steroid dienone is 5. The van der Waals surface area contributed by atoms with Crippen LogP contribution in [0, 0.1) is 0 Å². The van der Waals surface area contributed by atoms with Gasteiger partial charge in [0.05, 0.1) is 6.33 Å². The molecule has 14 heavy (non-hydrogen) atoms. The Morgan fingerprint density at radius 3 is 3.00 bits per heavy atom. The fourth-order valence-electron chi connectivity index (χ4n) is 1.26. The molecule has 0 aliphatic rings.